The maximum absolute atomic E-state index is 13.3. The molecule has 0 bridgehead atoms. The van der Waals surface area contributed by atoms with E-state index in [4.69, 9.17) is 9.47 Å². The van der Waals surface area contributed by atoms with Gasteiger partial charge in [0.1, 0.15) is 22.1 Å². The Labute approximate surface area is 211 Å². The molecule has 36 heavy (non-hydrogen) atoms. The zero-order valence-electron chi connectivity index (χ0n) is 20.1. The summed E-state index contributed by atoms with van der Waals surface area (Å²) in [6.45, 7) is 5.25. The average Bonchev–Trinajstić information content (AvgIpc) is 3.36. The van der Waals surface area contributed by atoms with Crippen LogP contribution in [0.1, 0.15) is 45.0 Å². The minimum atomic E-state index is -1.05. The van der Waals surface area contributed by atoms with E-state index in [0.717, 1.165) is 21.8 Å². The first-order valence-electron chi connectivity index (χ1n) is 11.1. The molecule has 1 atom stereocenters. The van der Waals surface area contributed by atoms with Crippen molar-refractivity contribution in [3.05, 3.63) is 75.3 Å². The van der Waals surface area contributed by atoms with Crippen molar-refractivity contribution in [2.45, 2.75) is 26.8 Å². The monoisotopic (exact) mass is 508 g/mol. The summed E-state index contributed by atoms with van der Waals surface area (Å²) >= 11 is 0.926. The van der Waals surface area contributed by atoms with E-state index in [2.05, 4.69) is 4.98 Å². The van der Waals surface area contributed by atoms with Gasteiger partial charge < -0.3 is 19.7 Å². The first-order valence-corrected chi connectivity index (χ1v) is 11.9. The van der Waals surface area contributed by atoms with E-state index in [1.165, 1.54) is 19.2 Å². The maximum atomic E-state index is 13.3. The van der Waals surface area contributed by atoms with E-state index in [1.807, 2.05) is 0 Å². The molecule has 0 radical (unpaired) electrons. The lowest BCUT2D eigenvalue weighted by Gasteiger charge is -2.23. The fraction of sp³-hybridized carbons (Fsp3) is 0.231. The Morgan fingerprint density at radius 3 is 2.44 bits per heavy atom. The zero-order valence-corrected chi connectivity index (χ0v) is 20.9. The van der Waals surface area contributed by atoms with Crippen LogP contribution in [0.5, 0.6) is 11.5 Å². The lowest BCUT2D eigenvalue weighted by Crippen LogP contribution is -2.29. The molecule has 2 heterocycles. The molecule has 1 saturated heterocycles. The summed E-state index contributed by atoms with van der Waals surface area (Å²) in [6, 6.07) is 9.81. The third kappa shape index (κ3) is 4.31. The average molecular weight is 509 g/mol. The number of aryl methyl sites for hydroxylation is 2. The largest absolute Gasteiger partial charge is 0.508 e. The summed E-state index contributed by atoms with van der Waals surface area (Å²) < 4.78 is 10.4. The smallest absolute Gasteiger partial charge is 0.350 e. The molecule has 0 unspecified atom stereocenters. The van der Waals surface area contributed by atoms with Crippen molar-refractivity contribution in [1.82, 2.24) is 4.98 Å². The molecule has 4 rings (SSSR count). The van der Waals surface area contributed by atoms with Crippen LogP contribution in [0.3, 0.4) is 0 Å². The van der Waals surface area contributed by atoms with Crippen molar-refractivity contribution in [3.63, 3.8) is 0 Å². The van der Waals surface area contributed by atoms with Crippen LogP contribution in [-0.4, -0.2) is 46.6 Å². The number of carbonyl (C=O) groups excluding carboxylic acids is 3. The van der Waals surface area contributed by atoms with Crippen LogP contribution in [-0.2, 0) is 14.3 Å². The Hall–Kier alpha value is -4.18. The predicted octanol–water partition coefficient (Wildman–Crippen LogP) is 4.28. The fourth-order valence-electron chi connectivity index (χ4n) is 4.05. The highest BCUT2D eigenvalue weighted by molar-refractivity contribution is 7.17. The van der Waals surface area contributed by atoms with Crippen molar-refractivity contribution in [2.75, 3.05) is 18.6 Å². The number of Topliss-reactive ketones (excluding diaryl/α,β-unsaturated/α-hetero) is 1. The Morgan fingerprint density at radius 2 is 1.83 bits per heavy atom. The van der Waals surface area contributed by atoms with Crippen molar-refractivity contribution in [2.24, 2.45) is 0 Å². The number of phenols is 1. The van der Waals surface area contributed by atoms with Gasteiger partial charge in [0, 0.05) is 5.56 Å². The van der Waals surface area contributed by atoms with Crippen molar-refractivity contribution in [3.8, 4) is 11.5 Å². The van der Waals surface area contributed by atoms with Gasteiger partial charge in [-0.1, -0.05) is 23.5 Å². The summed E-state index contributed by atoms with van der Waals surface area (Å²) in [5.41, 5.74) is 1.74. The molecule has 10 heteroatoms. The molecule has 1 aromatic heterocycles. The Morgan fingerprint density at radius 1 is 1.14 bits per heavy atom. The Bertz CT molecular complexity index is 1390. The van der Waals surface area contributed by atoms with Gasteiger partial charge in [-0.25, -0.2) is 9.78 Å². The van der Waals surface area contributed by atoms with Crippen LogP contribution in [0.2, 0.25) is 0 Å². The first-order chi connectivity index (χ1) is 17.2. The van der Waals surface area contributed by atoms with E-state index in [1.54, 1.807) is 51.1 Å². The molecule has 0 aliphatic carbocycles. The molecule has 1 fully saturated rings. The SMILES string of the molecule is CCOC(=O)c1sc(N2C(=O)C(=O)/C(=C(/O)c3ccc(OC)c(C)c3)[C@@H]2c2ccc(O)cc2)nc1C. The van der Waals surface area contributed by atoms with Gasteiger partial charge >= 0.3 is 11.9 Å². The third-order valence-corrected chi connectivity index (χ3v) is 6.91. The Balaban J connectivity index is 1.91. The number of rotatable bonds is 6. The van der Waals surface area contributed by atoms with E-state index < -0.39 is 23.7 Å². The minimum absolute atomic E-state index is 0.00355. The quantitative estimate of drug-likeness (QED) is 0.219. The van der Waals surface area contributed by atoms with Crippen LogP contribution in [0.15, 0.2) is 48.0 Å². The van der Waals surface area contributed by atoms with E-state index in [-0.39, 0.29) is 33.7 Å². The number of phenolic OH excluding ortho intramolecular Hbond substituents is 1. The number of aromatic hydroxyl groups is 1. The summed E-state index contributed by atoms with van der Waals surface area (Å²) in [5.74, 6) is -2.14. The second-order valence-electron chi connectivity index (χ2n) is 8.08. The number of thiazole rings is 1. The summed E-state index contributed by atoms with van der Waals surface area (Å²) in [5, 5.41) is 21.2. The van der Waals surface area contributed by atoms with Crippen LogP contribution in [0.4, 0.5) is 5.13 Å². The van der Waals surface area contributed by atoms with Crippen LogP contribution in [0.25, 0.3) is 5.76 Å². The van der Waals surface area contributed by atoms with Crippen molar-refractivity contribution >= 4 is 39.9 Å². The number of hydrogen-bond donors (Lipinski definition) is 2. The summed E-state index contributed by atoms with van der Waals surface area (Å²) in [7, 11) is 1.53. The molecular formula is C26H24N2O7S. The van der Waals surface area contributed by atoms with Gasteiger partial charge in [0.05, 0.1) is 31.0 Å². The number of nitrogens with zero attached hydrogens (tertiary/aromatic N) is 2. The first kappa shape index (κ1) is 24.9. The van der Waals surface area contributed by atoms with E-state index >= 15 is 0 Å². The minimum Gasteiger partial charge on any atom is -0.508 e. The number of anilines is 1. The number of aliphatic hydroxyl groups excluding tert-OH is 1. The lowest BCUT2D eigenvalue weighted by atomic mass is 9.95. The molecule has 1 aliphatic rings. The van der Waals surface area contributed by atoms with Gasteiger partial charge in [0.25, 0.3) is 5.78 Å². The normalized spacial score (nSPS) is 16.9. The molecule has 2 aromatic carbocycles. The third-order valence-electron chi connectivity index (χ3n) is 5.77. The van der Waals surface area contributed by atoms with Crippen LogP contribution < -0.4 is 9.64 Å². The molecule has 1 aliphatic heterocycles. The number of aromatic nitrogens is 1. The molecule has 2 N–H and O–H groups in total. The number of aliphatic hydroxyl groups is 1. The van der Waals surface area contributed by atoms with E-state index in [0.29, 0.717) is 22.6 Å². The standard InChI is InChI=1S/C26H24N2O7S/c1-5-35-25(33)23-14(3)27-26(36-23)28-20(15-6-9-17(29)10-7-15)19(22(31)24(28)32)21(30)16-8-11-18(34-4)13(2)12-16/h6-12,20,29-30H,5H2,1-4H3/b21-19+/t20-/m0/s1. The van der Waals surface area contributed by atoms with Gasteiger partial charge in [-0.15, -0.1) is 0 Å². The van der Waals surface area contributed by atoms with Crippen molar-refractivity contribution < 1.29 is 34.1 Å². The number of carbonyl (C=O) groups is 3. The highest BCUT2D eigenvalue weighted by atomic mass is 32.1. The van der Waals surface area contributed by atoms with Gasteiger partial charge in [-0.3, -0.25) is 14.5 Å². The number of hydrogen-bond acceptors (Lipinski definition) is 9. The van der Waals surface area contributed by atoms with Crippen LogP contribution in [0, 0.1) is 13.8 Å². The molecule has 1 amide bonds. The van der Waals surface area contributed by atoms with E-state index in [9.17, 15) is 24.6 Å². The highest BCUT2D eigenvalue weighted by Gasteiger charge is 2.48. The Kier molecular flexibility index (Phi) is 6.80. The molecular weight excluding hydrogens is 484 g/mol. The predicted molar refractivity (Wildman–Crippen MR) is 133 cm³/mol. The molecule has 0 spiro atoms. The second-order valence-corrected chi connectivity index (χ2v) is 9.05. The van der Waals surface area contributed by atoms with Crippen molar-refractivity contribution in [1.29, 1.82) is 0 Å². The van der Waals surface area contributed by atoms with Gasteiger partial charge in [-0.05, 0) is 62.2 Å². The molecule has 186 valence electrons. The molecule has 9 nitrogen and oxygen atoms in total. The van der Waals surface area contributed by atoms with Gasteiger partial charge in [-0.2, -0.15) is 0 Å². The molecule has 3 aromatic rings. The van der Waals surface area contributed by atoms with Gasteiger partial charge in [0.15, 0.2) is 5.13 Å². The number of ether oxygens (including phenoxy) is 2. The number of methoxy groups -OCH3 is 1. The number of esters is 1. The fourth-order valence-corrected chi connectivity index (χ4v) is 5.04. The second kappa shape index (κ2) is 9.82. The summed E-state index contributed by atoms with van der Waals surface area (Å²) in [4.78, 5) is 44.7. The number of ketones is 1. The van der Waals surface area contributed by atoms with Crippen LogP contribution >= 0.6 is 11.3 Å². The maximum Gasteiger partial charge on any atom is 0.350 e. The summed E-state index contributed by atoms with van der Waals surface area (Å²) in [6.07, 6.45) is 0. The zero-order chi connectivity index (χ0) is 26.1. The topological polar surface area (TPSA) is 126 Å². The molecule has 0 saturated carbocycles. The van der Waals surface area contributed by atoms with Gasteiger partial charge in [0.2, 0.25) is 0 Å². The highest BCUT2D eigenvalue weighted by Crippen LogP contribution is 2.44. The lowest BCUT2D eigenvalue weighted by molar-refractivity contribution is -0.132. The number of amides is 1. The number of benzene rings is 2.